The molecule has 4 aromatic rings. The third kappa shape index (κ3) is 7.47. The lowest BCUT2D eigenvalue weighted by Gasteiger charge is -2.39. The number of benzene rings is 2. The number of nitrogens with zero attached hydrogens (tertiary/aromatic N) is 6. The maximum Gasteiger partial charge on any atom is 0.327 e. The summed E-state index contributed by atoms with van der Waals surface area (Å²) in [6.07, 6.45) is 0. The molecule has 1 saturated heterocycles. The largest absolute Gasteiger partial charge is 0.481 e. The third-order valence-corrected chi connectivity index (χ3v) is 7.88. The zero-order valence-corrected chi connectivity index (χ0v) is 27.2. The molecule has 0 aliphatic carbocycles. The summed E-state index contributed by atoms with van der Waals surface area (Å²) in [5.74, 6) is -0.00648. The Kier molecular flexibility index (Phi) is 11.0. The highest BCUT2D eigenvalue weighted by Gasteiger charge is 2.33. The summed E-state index contributed by atoms with van der Waals surface area (Å²) in [5, 5.41) is 5.02. The second kappa shape index (κ2) is 15.5. The summed E-state index contributed by atoms with van der Waals surface area (Å²) < 4.78 is 36.4. The summed E-state index contributed by atoms with van der Waals surface area (Å²) in [5.41, 5.74) is 0.725. The molecule has 5 rings (SSSR count). The van der Waals surface area contributed by atoms with Crippen LogP contribution in [0.25, 0.3) is 10.9 Å². The molecule has 1 fully saturated rings. The Bertz CT molecular complexity index is 1800. The number of para-hydroxylation sites is 1. The lowest BCUT2D eigenvalue weighted by molar-refractivity contribution is -0.137. The van der Waals surface area contributed by atoms with Crippen LogP contribution >= 0.6 is 0 Å². The van der Waals surface area contributed by atoms with Crippen LogP contribution in [0.4, 0.5) is 20.6 Å². The van der Waals surface area contributed by atoms with Crippen LogP contribution in [0.5, 0.6) is 11.8 Å². The van der Waals surface area contributed by atoms with Crippen molar-refractivity contribution in [2.75, 3.05) is 82.6 Å². The molecule has 2 aromatic carbocycles. The van der Waals surface area contributed by atoms with E-state index in [1.807, 2.05) is 5.01 Å². The van der Waals surface area contributed by atoms with E-state index in [-0.39, 0.29) is 41.3 Å². The number of carbonyl (C=O) groups is 2. The number of urea groups is 1. The smallest absolute Gasteiger partial charge is 0.327 e. The molecular formula is C33H38FN7O7. The molecule has 2 aromatic heterocycles. The quantitative estimate of drug-likeness (QED) is 0.225. The van der Waals surface area contributed by atoms with Gasteiger partial charge in [0.25, 0.3) is 5.56 Å². The topological polar surface area (TPSA) is 141 Å². The standard InChI is InChI=1S/C33H38FN7O7/c1-22(40(27-13-14-28(46-3)37-31(27)47-4)33(44)35-24-11-9-23(34)10-12-24)30-36-26-8-6-5-7-25(26)32(43)41(30)39-17-15-38(16-18-39)29(42)21-48-20-19-45-2/h5-14,22H,15-21H2,1-4H3,(H,35,44). The van der Waals surface area contributed by atoms with Crippen molar-refractivity contribution in [2.45, 2.75) is 13.0 Å². The fourth-order valence-corrected chi connectivity index (χ4v) is 5.41. The minimum atomic E-state index is -0.888. The number of ether oxygens (including phenoxy) is 4. The Labute approximate surface area is 276 Å². The molecule has 14 nitrogen and oxygen atoms in total. The molecule has 1 atom stereocenters. The molecule has 15 heteroatoms. The number of fused-ring (bicyclic) bond motifs is 1. The number of halogens is 1. The molecule has 48 heavy (non-hydrogen) atoms. The van der Waals surface area contributed by atoms with Crippen molar-refractivity contribution in [1.82, 2.24) is 19.5 Å². The summed E-state index contributed by atoms with van der Waals surface area (Å²) in [7, 11) is 4.44. The summed E-state index contributed by atoms with van der Waals surface area (Å²) >= 11 is 0. The zero-order chi connectivity index (χ0) is 34.2. The van der Waals surface area contributed by atoms with Gasteiger partial charge in [0.15, 0.2) is 5.82 Å². The summed E-state index contributed by atoms with van der Waals surface area (Å²) in [4.78, 5) is 53.4. The molecule has 1 aliphatic heterocycles. The number of aromatic nitrogens is 3. The first-order chi connectivity index (χ1) is 23.2. The van der Waals surface area contributed by atoms with Gasteiger partial charge < -0.3 is 34.2 Å². The van der Waals surface area contributed by atoms with Crippen LogP contribution < -0.4 is 30.3 Å². The molecule has 0 bridgehead atoms. The van der Waals surface area contributed by atoms with E-state index < -0.39 is 17.9 Å². The lowest BCUT2D eigenvalue weighted by atomic mass is 10.2. The van der Waals surface area contributed by atoms with Gasteiger partial charge in [0.2, 0.25) is 17.7 Å². The molecule has 3 amide bonds. The Morgan fingerprint density at radius 1 is 0.938 bits per heavy atom. The average Bonchev–Trinajstić information content (AvgIpc) is 3.11. The molecular weight excluding hydrogens is 625 g/mol. The minimum Gasteiger partial charge on any atom is -0.481 e. The van der Waals surface area contributed by atoms with E-state index in [4.69, 9.17) is 23.9 Å². The minimum absolute atomic E-state index is 0.0705. The number of amides is 3. The lowest BCUT2D eigenvalue weighted by Crippen LogP contribution is -2.57. The van der Waals surface area contributed by atoms with E-state index in [1.165, 1.54) is 48.1 Å². The van der Waals surface area contributed by atoms with Gasteiger partial charge in [-0.25, -0.2) is 18.8 Å². The highest BCUT2D eigenvalue weighted by molar-refractivity contribution is 6.03. The Morgan fingerprint density at radius 3 is 2.35 bits per heavy atom. The number of hydrogen-bond donors (Lipinski definition) is 1. The predicted octanol–water partition coefficient (Wildman–Crippen LogP) is 3.19. The van der Waals surface area contributed by atoms with E-state index in [9.17, 15) is 18.8 Å². The molecule has 1 unspecified atom stereocenters. The van der Waals surface area contributed by atoms with Crippen LogP contribution in [0.1, 0.15) is 18.8 Å². The molecule has 3 heterocycles. The van der Waals surface area contributed by atoms with E-state index in [2.05, 4.69) is 10.3 Å². The van der Waals surface area contributed by atoms with Crippen molar-refractivity contribution in [3.8, 4) is 11.8 Å². The molecule has 0 radical (unpaired) electrons. The third-order valence-electron chi connectivity index (χ3n) is 7.88. The number of pyridine rings is 1. The van der Waals surface area contributed by atoms with Crippen LogP contribution in [0, 0.1) is 5.82 Å². The van der Waals surface area contributed by atoms with Gasteiger partial charge in [0.1, 0.15) is 18.1 Å². The number of methoxy groups -OCH3 is 3. The van der Waals surface area contributed by atoms with E-state index in [1.54, 1.807) is 55.3 Å². The number of nitrogens with one attached hydrogen (secondary N) is 1. The van der Waals surface area contributed by atoms with Gasteiger partial charge in [-0.2, -0.15) is 4.98 Å². The molecule has 0 saturated carbocycles. The Balaban J connectivity index is 1.54. The fraction of sp³-hybridized carbons (Fsp3) is 0.364. The first-order valence-corrected chi connectivity index (χ1v) is 15.3. The van der Waals surface area contributed by atoms with Gasteiger partial charge in [-0.1, -0.05) is 12.1 Å². The number of anilines is 2. The van der Waals surface area contributed by atoms with E-state index in [0.717, 1.165) is 0 Å². The maximum atomic E-state index is 14.2. The zero-order valence-electron chi connectivity index (χ0n) is 27.2. The SMILES string of the molecule is COCCOCC(=O)N1CCN(n2c(C(C)N(C(=O)Nc3ccc(F)cc3)c3ccc(OC)nc3OC)nc3ccccc3c2=O)CC1. The van der Waals surface area contributed by atoms with E-state index in [0.29, 0.717) is 56.0 Å². The number of hydrogen-bond acceptors (Lipinski definition) is 10. The molecule has 254 valence electrons. The van der Waals surface area contributed by atoms with Crippen LogP contribution in [0.15, 0.2) is 65.5 Å². The van der Waals surface area contributed by atoms with Gasteiger partial charge in [0, 0.05) is 32.0 Å². The monoisotopic (exact) mass is 663 g/mol. The van der Waals surface area contributed by atoms with Crippen LogP contribution in [-0.2, 0) is 14.3 Å². The summed E-state index contributed by atoms with van der Waals surface area (Å²) in [6.45, 7) is 3.67. The molecule has 1 aliphatic rings. The van der Waals surface area contributed by atoms with Crippen LogP contribution in [-0.4, -0.2) is 98.8 Å². The fourth-order valence-electron chi connectivity index (χ4n) is 5.41. The van der Waals surface area contributed by atoms with Crippen molar-refractivity contribution >= 4 is 34.2 Å². The van der Waals surface area contributed by atoms with Gasteiger partial charge in [-0.3, -0.25) is 14.5 Å². The summed E-state index contributed by atoms with van der Waals surface area (Å²) in [6, 6.07) is 14.0. The van der Waals surface area contributed by atoms with Crippen LogP contribution in [0.3, 0.4) is 0 Å². The second-order valence-electron chi connectivity index (χ2n) is 10.8. The second-order valence-corrected chi connectivity index (χ2v) is 10.8. The van der Waals surface area contributed by atoms with E-state index >= 15 is 0 Å². The van der Waals surface area contributed by atoms with Crippen molar-refractivity contribution in [2.24, 2.45) is 0 Å². The van der Waals surface area contributed by atoms with Crippen molar-refractivity contribution in [1.29, 1.82) is 0 Å². The predicted molar refractivity (Wildman–Crippen MR) is 177 cm³/mol. The van der Waals surface area contributed by atoms with Gasteiger partial charge in [-0.15, -0.1) is 0 Å². The number of rotatable bonds is 12. The maximum absolute atomic E-state index is 14.2. The van der Waals surface area contributed by atoms with Gasteiger partial charge in [0.05, 0.1) is 57.5 Å². The Hall–Kier alpha value is -5.28. The average molecular weight is 664 g/mol. The van der Waals surface area contributed by atoms with Crippen molar-refractivity contribution in [3.05, 3.63) is 82.7 Å². The highest BCUT2D eigenvalue weighted by atomic mass is 19.1. The van der Waals surface area contributed by atoms with Gasteiger partial charge >= 0.3 is 6.03 Å². The van der Waals surface area contributed by atoms with Crippen molar-refractivity contribution < 1.29 is 32.9 Å². The highest BCUT2D eigenvalue weighted by Crippen LogP contribution is 2.35. The molecule has 0 spiro atoms. The number of carbonyl (C=O) groups excluding carboxylic acids is 2. The first kappa shape index (κ1) is 34.1. The Morgan fingerprint density at radius 2 is 1.67 bits per heavy atom. The van der Waals surface area contributed by atoms with Crippen molar-refractivity contribution in [3.63, 3.8) is 0 Å². The van der Waals surface area contributed by atoms with Gasteiger partial charge in [-0.05, 0) is 49.4 Å². The number of piperazine rings is 1. The normalized spacial score (nSPS) is 13.7. The first-order valence-electron chi connectivity index (χ1n) is 15.3. The molecule has 1 N–H and O–H groups in total. The van der Waals surface area contributed by atoms with Crippen LogP contribution in [0.2, 0.25) is 0 Å².